The zero-order valence-electron chi connectivity index (χ0n) is 12.2. The van der Waals surface area contributed by atoms with E-state index in [1.54, 1.807) is 0 Å². The van der Waals surface area contributed by atoms with Crippen LogP contribution >= 0.6 is 0 Å². The highest BCUT2D eigenvalue weighted by atomic mass is 16.5. The van der Waals surface area contributed by atoms with E-state index in [0.717, 1.165) is 11.1 Å². The molecule has 5 nitrogen and oxygen atoms in total. The highest BCUT2D eigenvalue weighted by molar-refractivity contribution is 5.95. The van der Waals surface area contributed by atoms with Crippen LogP contribution in [0.3, 0.4) is 0 Å². The Bertz CT molecular complexity index is 528. The lowest BCUT2D eigenvalue weighted by atomic mass is 10.0. The lowest BCUT2D eigenvalue weighted by Gasteiger charge is -2.32. The number of benzene rings is 1. The third-order valence-electron chi connectivity index (χ3n) is 3.19. The fourth-order valence-electron chi connectivity index (χ4n) is 2.18. The fourth-order valence-corrected chi connectivity index (χ4v) is 2.18. The molecule has 1 aromatic carbocycles. The van der Waals surface area contributed by atoms with Crippen LogP contribution in [-0.4, -0.2) is 43.0 Å². The monoisotopic (exact) mass is 288 g/mol. The molecule has 1 aliphatic rings. The molecule has 1 N–H and O–H groups in total. The summed E-state index contributed by atoms with van der Waals surface area (Å²) in [6.07, 6.45) is 0. The molecule has 1 heterocycles. The Morgan fingerprint density at radius 3 is 2.76 bits per heavy atom. The third kappa shape index (κ3) is 4.16. The molecule has 1 atom stereocenters. The van der Waals surface area contributed by atoms with E-state index < -0.39 is 6.04 Å². The van der Waals surface area contributed by atoms with Gasteiger partial charge in [0.15, 0.2) is 0 Å². The van der Waals surface area contributed by atoms with E-state index >= 15 is 0 Å². The molecule has 21 heavy (non-hydrogen) atoms. The van der Waals surface area contributed by atoms with Crippen LogP contribution < -0.4 is 5.32 Å². The van der Waals surface area contributed by atoms with Gasteiger partial charge in [0.25, 0.3) is 0 Å². The van der Waals surface area contributed by atoms with Crippen molar-refractivity contribution in [2.24, 2.45) is 0 Å². The number of hydrogen-bond donors (Lipinski definition) is 1. The van der Waals surface area contributed by atoms with Crippen LogP contribution in [0.4, 0.5) is 0 Å². The normalized spacial score (nSPS) is 18.5. The Kier molecular flexibility index (Phi) is 5.11. The molecule has 112 valence electrons. The van der Waals surface area contributed by atoms with Gasteiger partial charge in [-0.2, -0.15) is 0 Å². The molecule has 0 aliphatic carbocycles. The van der Waals surface area contributed by atoms with Crippen LogP contribution in [0, 0.1) is 0 Å². The van der Waals surface area contributed by atoms with Crippen molar-refractivity contribution in [3.05, 3.63) is 48.0 Å². The van der Waals surface area contributed by atoms with E-state index in [0.29, 0.717) is 19.8 Å². The Morgan fingerprint density at radius 1 is 1.38 bits per heavy atom. The molecular weight excluding hydrogens is 268 g/mol. The number of amides is 2. The molecule has 1 saturated heterocycles. The number of ether oxygens (including phenoxy) is 1. The molecule has 1 aliphatic heterocycles. The molecular formula is C16H20N2O3. The predicted molar refractivity (Wildman–Crippen MR) is 79.5 cm³/mol. The highest BCUT2D eigenvalue weighted by Gasteiger charge is 2.33. The van der Waals surface area contributed by atoms with Gasteiger partial charge in [-0.3, -0.25) is 9.59 Å². The summed E-state index contributed by atoms with van der Waals surface area (Å²) in [5, 5.41) is 2.74. The fraction of sp³-hybridized carbons (Fsp3) is 0.375. The van der Waals surface area contributed by atoms with Crippen molar-refractivity contribution < 1.29 is 14.3 Å². The molecule has 1 unspecified atom stereocenters. The largest absolute Gasteiger partial charge is 0.375 e. The first-order valence-corrected chi connectivity index (χ1v) is 6.93. The van der Waals surface area contributed by atoms with Crippen molar-refractivity contribution in [1.82, 2.24) is 10.2 Å². The minimum Gasteiger partial charge on any atom is -0.375 e. The first kappa shape index (κ1) is 15.3. The molecule has 0 saturated carbocycles. The van der Waals surface area contributed by atoms with Crippen molar-refractivity contribution in [2.75, 3.05) is 26.3 Å². The van der Waals surface area contributed by atoms with Crippen LogP contribution in [-0.2, 0) is 14.3 Å². The average Bonchev–Trinajstić information content (AvgIpc) is 2.47. The van der Waals surface area contributed by atoms with Crippen LogP contribution in [0.1, 0.15) is 18.5 Å². The SMILES string of the molecule is C=C(C)COCCN1CC(=O)NC(c2ccccc2)C1=O. The van der Waals surface area contributed by atoms with Gasteiger partial charge in [0.2, 0.25) is 11.8 Å². The Hall–Kier alpha value is -2.14. The first-order chi connectivity index (χ1) is 10.1. The number of carbonyl (C=O) groups is 2. The predicted octanol–water partition coefficient (Wildman–Crippen LogP) is 1.28. The summed E-state index contributed by atoms with van der Waals surface area (Å²) < 4.78 is 5.40. The van der Waals surface area contributed by atoms with Gasteiger partial charge in [0.05, 0.1) is 19.8 Å². The summed E-state index contributed by atoms with van der Waals surface area (Å²) in [4.78, 5) is 25.8. The van der Waals surface area contributed by atoms with E-state index in [9.17, 15) is 9.59 Å². The summed E-state index contributed by atoms with van der Waals surface area (Å²) >= 11 is 0. The van der Waals surface area contributed by atoms with Crippen molar-refractivity contribution >= 4 is 11.8 Å². The van der Waals surface area contributed by atoms with E-state index in [2.05, 4.69) is 11.9 Å². The van der Waals surface area contributed by atoms with Gasteiger partial charge >= 0.3 is 0 Å². The summed E-state index contributed by atoms with van der Waals surface area (Å²) in [5.74, 6) is -0.247. The standard InChI is InChI=1S/C16H20N2O3/c1-12(2)11-21-9-8-18-10-14(19)17-15(16(18)20)13-6-4-3-5-7-13/h3-7,15H,1,8-11H2,2H3,(H,17,19). The second-order valence-corrected chi connectivity index (χ2v) is 5.18. The van der Waals surface area contributed by atoms with Gasteiger partial charge in [0, 0.05) is 6.54 Å². The second-order valence-electron chi connectivity index (χ2n) is 5.18. The lowest BCUT2D eigenvalue weighted by molar-refractivity contribution is -0.145. The molecule has 0 radical (unpaired) electrons. The molecule has 0 aromatic heterocycles. The molecule has 1 aromatic rings. The zero-order chi connectivity index (χ0) is 15.2. The van der Waals surface area contributed by atoms with Crippen molar-refractivity contribution in [3.63, 3.8) is 0 Å². The molecule has 5 heteroatoms. The van der Waals surface area contributed by atoms with Crippen molar-refractivity contribution in [2.45, 2.75) is 13.0 Å². The van der Waals surface area contributed by atoms with E-state index in [-0.39, 0.29) is 18.4 Å². The Labute approximate surface area is 124 Å². The minimum atomic E-state index is -0.603. The van der Waals surface area contributed by atoms with E-state index in [1.807, 2.05) is 37.3 Å². The van der Waals surface area contributed by atoms with Crippen LogP contribution in [0.15, 0.2) is 42.5 Å². The highest BCUT2D eigenvalue weighted by Crippen LogP contribution is 2.18. The van der Waals surface area contributed by atoms with Gasteiger partial charge in [-0.25, -0.2) is 0 Å². The van der Waals surface area contributed by atoms with Crippen LogP contribution in [0.5, 0.6) is 0 Å². The van der Waals surface area contributed by atoms with Gasteiger partial charge in [0.1, 0.15) is 6.04 Å². The van der Waals surface area contributed by atoms with Crippen molar-refractivity contribution in [1.29, 1.82) is 0 Å². The van der Waals surface area contributed by atoms with Gasteiger partial charge < -0.3 is 15.0 Å². The lowest BCUT2D eigenvalue weighted by Crippen LogP contribution is -2.54. The number of nitrogens with zero attached hydrogens (tertiary/aromatic N) is 1. The molecule has 2 amide bonds. The molecule has 1 fully saturated rings. The molecule has 2 rings (SSSR count). The van der Waals surface area contributed by atoms with Gasteiger partial charge in [-0.05, 0) is 12.5 Å². The second kappa shape index (κ2) is 7.04. The number of carbonyl (C=O) groups excluding carboxylic acids is 2. The zero-order valence-corrected chi connectivity index (χ0v) is 12.2. The first-order valence-electron chi connectivity index (χ1n) is 6.93. The quantitative estimate of drug-likeness (QED) is 0.633. The van der Waals surface area contributed by atoms with Gasteiger partial charge in [-0.1, -0.05) is 42.5 Å². The Morgan fingerprint density at radius 2 is 2.10 bits per heavy atom. The maximum absolute atomic E-state index is 12.4. The maximum atomic E-state index is 12.4. The summed E-state index contributed by atoms with van der Waals surface area (Å²) in [6.45, 7) is 6.98. The summed E-state index contributed by atoms with van der Waals surface area (Å²) in [5.41, 5.74) is 1.73. The molecule has 0 spiro atoms. The topological polar surface area (TPSA) is 58.6 Å². The third-order valence-corrected chi connectivity index (χ3v) is 3.19. The van der Waals surface area contributed by atoms with Crippen LogP contribution in [0.25, 0.3) is 0 Å². The maximum Gasteiger partial charge on any atom is 0.250 e. The number of rotatable bonds is 6. The molecule has 0 bridgehead atoms. The smallest absolute Gasteiger partial charge is 0.250 e. The number of nitrogens with one attached hydrogen (secondary N) is 1. The van der Waals surface area contributed by atoms with Crippen LogP contribution in [0.2, 0.25) is 0 Å². The average molecular weight is 288 g/mol. The Balaban J connectivity index is 1.97. The number of piperazine rings is 1. The van der Waals surface area contributed by atoms with E-state index in [1.165, 1.54) is 4.90 Å². The minimum absolute atomic E-state index is 0.0819. The summed E-state index contributed by atoms with van der Waals surface area (Å²) in [6, 6.07) is 8.65. The van der Waals surface area contributed by atoms with E-state index in [4.69, 9.17) is 4.74 Å². The summed E-state index contributed by atoms with van der Waals surface area (Å²) in [7, 11) is 0. The number of hydrogen-bond acceptors (Lipinski definition) is 3. The van der Waals surface area contributed by atoms with Gasteiger partial charge in [-0.15, -0.1) is 0 Å². The van der Waals surface area contributed by atoms with Crippen molar-refractivity contribution in [3.8, 4) is 0 Å².